The van der Waals surface area contributed by atoms with E-state index in [1.165, 1.54) is 0 Å². The van der Waals surface area contributed by atoms with Crippen LogP contribution in [0.3, 0.4) is 0 Å². The van der Waals surface area contributed by atoms with E-state index < -0.39 is 34.7 Å². The molecule has 0 atom stereocenters. The molecule has 274 valence electrons. The zero-order valence-corrected chi connectivity index (χ0v) is 35.0. The molecule has 0 saturated carbocycles. The van der Waals surface area contributed by atoms with E-state index >= 15 is 0 Å². The summed E-state index contributed by atoms with van der Waals surface area (Å²) >= 11 is 0. The molecular weight excluding hydrogens is 753 g/mol. The normalized spacial score (nSPS) is 12.0. The predicted octanol–water partition coefficient (Wildman–Crippen LogP) is 4.34. The van der Waals surface area contributed by atoms with Crippen molar-refractivity contribution in [2.24, 2.45) is 0 Å². The Morgan fingerprint density at radius 1 is 0.286 bits per heavy atom. The number of rotatable bonds is 14. The van der Waals surface area contributed by atoms with E-state index in [4.69, 9.17) is 12.3 Å². The van der Waals surface area contributed by atoms with Crippen molar-refractivity contribution in [2.45, 2.75) is 0 Å². The molecule has 8 aromatic rings. The zero-order valence-electron chi connectivity index (χ0n) is 30.8. The van der Waals surface area contributed by atoms with Crippen molar-refractivity contribution in [2.75, 3.05) is 0 Å². The largest absolute Gasteiger partial charge is 0.424 e. The van der Waals surface area contributed by atoms with E-state index in [2.05, 4.69) is 121 Å². The molecule has 0 unspecified atom stereocenters. The average Bonchev–Trinajstić information content (AvgIpc) is 3.30. The summed E-state index contributed by atoms with van der Waals surface area (Å²) in [4.78, 5) is 13.5. The molecule has 0 amide bonds. The summed E-state index contributed by atoms with van der Waals surface area (Å²) in [6.45, 7) is 0. The minimum absolute atomic E-state index is 0.729. The number of benzene rings is 8. The van der Waals surface area contributed by atoms with Gasteiger partial charge in [0.1, 0.15) is 0 Å². The van der Waals surface area contributed by atoms with Crippen molar-refractivity contribution in [3.05, 3.63) is 243 Å². The van der Waals surface area contributed by atoms with Gasteiger partial charge in [0, 0.05) is 0 Å². The van der Waals surface area contributed by atoms with Gasteiger partial charge in [-0.3, -0.25) is 0 Å². The smallest absolute Gasteiger partial charge is 0.396 e. The number of hydrogen-bond acceptors (Lipinski definition) is 4. The van der Waals surface area contributed by atoms with E-state index in [-0.39, 0.29) is 0 Å². The second-order valence-corrected chi connectivity index (χ2v) is 25.5. The fraction of sp³-hybridized carbons (Fsp3) is 0. The topological polar surface area (TPSA) is 47.9 Å². The van der Waals surface area contributed by atoms with Crippen molar-refractivity contribution >= 4 is 76.2 Å². The van der Waals surface area contributed by atoms with Gasteiger partial charge in [-0.2, -0.15) is 0 Å². The highest BCUT2D eigenvalue weighted by molar-refractivity contribution is 7.10. The van der Waals surface area contributed by atoms with Crippen LogP contribution < -0.4 is 41.5 Å². The third kappa shape index (κ3) is 7.65. The fourth-order valence-electron chi connectivity index (χ4n) is 7.27. The highest BCUT2D eigenvalue weighted by Gasteiger charge is 2.59. The molecule has 0 fully saturated rings. The van der Waals surface area contributed by atoms with Crippen molar-refractivity contribution in [3.63, 3.8) is 0 Å². The molecule has 0 aliphatic heterocycles. The molecule has 0 spiro atoms. The van der Waals surface area contributed by atoms with Crippen LogP contribution in [-0.2, 0) is 12.3 Å². The molecule has 0 aromatic heterocycles. The lowest BCUT2D eigenvalue weighted by atomic mass is 10.4. The monoisotopic (exact) mass is 794 g/mol. The maximum atomic E-state index is 13.5. The third-order valence-electron chi connectivity index (χ3n) is 10.0. The lowest BCUT2D eigenvalue weighted by Crippen LogP contribution is -2.81. The van der Waals surface area contributed by atoms with Crippen molar-refractivity contribution in [1.29, 1.82) is 0 Å². The SMILES string of the molecule is O[Si](O[Si](O[Si](O[SiH](c1ccccc1)c1ccccc1)(c1ccccc1)c1ccccc1)(c1ccccc1)c1ccccc1)(c1ccccc1)c1ccccc1. The quantitative estimate of drug-likeness (QED) is 0.167. The van der Waals surface area contributed by atoms with Crippen LogP contribution in [0.5, 0.6) is 0 Å². The molecule has 0 aliphatic carbocycles. The van der Waals surface area contributed by atoms with Crippen molar-refractivity contribution in [1.82, 2.24) is 0 Å². The highest BCUT2D eigenvalue weighted by atomic mass is 28.5. The molecule has 1 N–H and O–H groups in total. The summed E-state index contributed by atoms with van der Waals surface area (Å²) in [7, 11) is -14.5. The van der Waals surface area contributed by atoms with Crippen LogP contribution in [0.2, 0.25) is 0 Å². The van der Waals surface area contributed by atoms with Gasteiger partial charge in [0.15, 0.2) is 0 Å². The second kappa shape index (κ2) is 17.1. The van der Waals surface area contributed by atoms with Crippen LogP contribution in [0.15, 0.2) is 243 Å². The van der Waals surface area contributed by atoms with E-state index in [1.54, 1.807) is 0 Å². The molecule has 0 saturated heterocycles. The molecular formula is C48H42O4Si4. The zero-order chi connectivity index (χ0) is 38.1. The van der Waals surface area contributed by atoms with Crippen LogP contribution in [0.4, 0.5) is 0 Å². The molecule has 0 heterocycles. The Morgan fingerprint density at radius 3 is 0.839 bits per heavy atom. The van der Waals surface area contributed by atoms with Gasteiger partial charge in [-0.05, 0) is 41.5 Å². The van der Waals surface area contributed by atoms with Crippen molar-refractivity contribution < 1.29 is 17.1 Å². The van der Waals surface area contributed by atoms with E-state index in [1.807, 2.05) is 121 Å². The van der Waals surface area contributed by atoms with Gasteiger partial charge in [0.05, 0.1) is 0 Å². The molecule has 0 radical (unpaired) electrons. The molecule has 8 aromatic carbocycles. The first-order chi connectivity index (χ1) is 27.6. The first kappa shape index (κ1) is 37.4. The molecule has 4 nitrogen and oxygen atoms in total. The van der Waals surface area contributed by atoms with Crippen LogP contribution >= 0.6 is 0 Å². The summed E-state index contributed by atoms with van der Waals surface area (Å²) in [6, 6.07) is 82.0. The van der Waals surface area contributed by atoms with E-state index in [0.29, 0.717) is 0 Å². The summed E-state index contributed by atoms with van der Waals surface area (Å²) < 4.78 is 24.2. The van der Waals surface area contributed by atoms with Gasteiger partial charge in [-0.25, -0.2) is 0 Å². The maximum Gasteiger partial charge on any atom is 0.396 e. The van der Waals surface area contributed by atoms with Crippen molar-refractivity contribution in [3.8, 4) is 0 Å². The van der Waals surface area contributed by atoms with Gasteiger partial charge in [0.2, 0.25) is 9.04 Å². The standard InChI is InChI=1S/C48H42O4Si4/c49-54(43-29-13-3-14-30-43,44-31-15-4-16-32-44)51-56(47-37-21-7-22-38-47,48-39-23-8-24-40-48)52-55(45-33-17-5-18-34-45,46-35-19-6-20-36-46)50-53(41-25-9-1-10-26-41)42-27-11-2-12-28-42/h1-40,49,53H. The predicted molar refractivity (Wildman–Crippen MR) is 238 cm³/mol. The summed E-state index contributed by atoms with van der Waals surface area (Å²) in [6.07, 6.45) is 0. The Morgan fingerprint density at radius 2 is 0.536 bits per heavy atom. The van der Waals surface area contributed by atoms with Crippen LogP contribution in [0, 0.1) is 0 Å². The summed E-state index contributed by atoms with van der Waals surface area (Å²) in [5.41, 5.74) is 0. The third-order valence-corrected chi connectivity index (χ3v) is 25.5. The van der Waals surface area contributed by atoms with Crippen LogP contribution in [0.25, 0.3) is 0 Å². The average molecular weight is 795 g/mol. The first-order valence-corrected chi connectivity index (χ1v) is 26.0. The number of hydrogen-bond donors (Lipinski definition) is 1. The fourth-order valence-corrected chi connectivity index (χ4v) is 25.3. The summed E-state index contributed by atoms with van der Waals surface area (Å²) in [5.74, 6) is 0. The minimum Gasteiger partial charge on any atom is -0.424 e. The van der Waals surface area contributed by atoms with Gasteiger partial charge >= 0.3 is 25.7 Å². The Labute approximate surface area is 334 Å². The molecule has 0 bridgehead atoms. The Balaban J connectivity index is 1.46. The van der Waals surface area contributed by atoms with E-state index in [0.717, 1.165) is 41.5 Å². The highest BCUT2D eigenvalue weighted by Crippen LogP contribution is 2.24. The molecule has 8 heteroatoms. The second-order valence-electron chi connectivity index (χ2n) is 13.6. The van der Waals surface area contributed by atoms with E-state index in [9.17, 15) is 4.80 Å². The summed E-state index contributed by atoms with van der Waals surface area (Å²) in [5, 5.41) is 7.37. The first-order valence-electron chi connectivity index (χ1n) is 18.8. The lowest BCUT2D eigenvalue weighted by Gasteiger charge is -2.45. The maximum absolute atomic E-state index is 13.5. The van der Waals surface area contributed by atoms with Crippen LogP contribution in [-0.4, -0.2) is 39.5 Å². The Hall–Kier alpha value is -5.53. The Bertz CT molecular complexity index is 2240. The lowest BCUT2D eigenvalue weighted by molar-refractivity contribution is 0.327. The Kier molecular flexibility index (Phi) is 11.4. The van der Waals surface area contributed by atoms with Gasteiger partial charge < -0.3 is 17.1 Å². The minimum atomic E-state index is -4.06. The van der Waals surface area contributed by atoms with Gasteiger partial charge in [-0.1, -0.05) is 243 Å². The van der Waals surface area contributed by atoms with Gasteiger partial charge in [-0.15, -0.1) is 0 Å². The molecule has 8 rings (SSSR count). The molecule has 56 heavy (non-hydrogen) atoms. The van der Waals surface area contributed by atoms with Crippen LogP contribution in [0.1, 0.15) is 0 Å². The molecule has 0 aliphatic rings. The van der Waals surface area contributed by atoms with Gasteiger partial charge in [0.25, 0.3) is 0 Å².